The SMILES string of the molecule is CCOC(=O)C(NC(=O)/C=C/CC(=O)NC(C(=O)OCC)C(=O)OCC)C(=O)OCC. The van der Waals surface area contributed by atoms with Crippen LogP contribution in [0.2, 0.25) is 0 Å². The van der Waals surface area contributed by atoms with Gasteiger partial charge < -0.3 is 29.6 Å². The summed E-state index contributed by atoms with van der Waals surface area (Å²) in [6.45, 7) is 6.08. The summed E-state index contributed by atoms with van der Waals surface area (Å²) in [5, 5.41) is 4.27. The minimum atomic E-state index is -1.66. The predicted octanol–water partition coefficient (Wildman–Crippen LogP) is -0.845. The Morgan fingerprint density at radius 2 is 1.00 bits per heavy atom. The number of hydrogen-bond donors (Lipinski definition) is 2. The minimum Gasteiger partial charge on any atom is -0.464 e. The first kappa shape index (κ1) is 27.6. The van der Waals surface area contributed by atoms with Crippen molar-refractivity contribution >= 4 is 35.7 Å². The third-order valence-corrected chi connectivity index (χ3v) is 3.25. The molecule has 0 saturated heterocycles. The molecule has 0 aliphatic rings. The van der Waals surface area contributed by atoms with Crippen LogP contribution in [0.25, 0.3) is 0 Å². The van der Waals surface area contributed by atoms with Crippen molar-refractivity contribution in [2.24, 2.45) is 0 Å². The van der Waals surface area contributed by atoms with E-state index in [4.69, 9.17) is 18.9 Å². The van der Waals surface area contributed by atoms with Crippen molar-refractivity contribution in [3.63, 3.8) is 0 Å². The van der Waals surface area contributed by atoms with Gasteiger partial charge in [-0.05, 0) is 33.8 Å². The van der Waals surface area contributed by atoms with Crippen LogP contribution in [-0.4, -0.2) is 74.2 Å². The van der Waals surface area contributed by atoms with Crippen molar-refractivity contribution in [3.05, 3.63) is 12.2 Å². The highest BCUT2D eigenvalue weighted by Gasteiger charge is 2.32. The molecule has 174 valence electrons. The van der Waals surface area contributed by atoms with Crippen LogP contribution in [-0.2, 0) is 47.7 Å². The van der Waals surface area contributed by atoms with Crippen LogP contribution in [0.15, 0.2) is 12.2 Å². The van der Waals surface area contributed by atoms with Crippen LogP contribution in [0.5, 0.6) is 0 Å². The highest BCUT2D eigenvalue weighted by molar-refractivity contribution is 6.04. The molecular formula is C19H28N2O10. The lowest BCUT2D eigenvalue weighted by atomic mass is 10.2. The first-order valence-electron chi connectivity index (χ1n) is 9.64. The molecular weight excluding hydrogens is 416 g/mol. The summed E-state index contributed by atoms with van der Waals surface area (Å²) >= 11 is 0. The van der Waals surface area contributed by atoms with Gasteiger partial charge >= 0.3 is 23.9 Å². The number of amides is 2. The molecule has 0 aliphatic heterocycles. The van der Waals surface area contributed by atoms with E-state index in [9.17, 15) is 28.8 Å². The highest BCUT2D eigenvalue weighted by Crippen LogP contribution is 1.98. The third kappa shape index (κ3) is 10.8. The first-order chi connectivity index (χ1) is 14.7. The predicted molar refractivity (Wildman–Crippen MR) is 104 cm³/mol. The summed E-state index contributed by atoms with van der Waals surface area (Å²) in [6.07, 6.45) is 1.60. The average Bonchev–Trinajstić information content (AvgIpc) is 2.70. The van der Waals surface area contributed by atoms with Crippen LogP contribution in [0.1, 0.15) is 34.1 Å². The number of hydrogen-bond acceptors (Lipinski definition) is 10. The van der Waals surface area contributed by atoms with Gasteiger partial charge in [0.05, 0.1) is 26.4 Å². The number of nitrogens with one attached hydrogen (secondary N) is 2. The summed E-state index contributed by atoms with van der Waals surface area (Å²) < 4.78 is 18.9. The number of carbonyl (C=O) groups excluding carboxylic acids is 6. The Morgan fingerprint density at radius 1 is 0.645 bits per heavy atom. The fourth-order valence-electron chi connectivity index (χ4n) is 2.01. The van der Waals surface area contributed by atoms with Crippen LogP contribution >= 0.6 is 0 Å². The normalized spacial score (nSPS) is 10.5. The number of ether oxygens (including phenoxy) is 4. The lowest BCUT2D eigenvalue weighted by molar-refractivity contribution is -0.160. The fraction of sp³-hybridized carbons (Fsp3) is 0.579. The summed E-state index contributed by atoms with van der Waals surface area (Å²) in [7, 11) is 0. The maximum absolute atomic E-state index is 12.0. The molecule has 12 heteroatoms. The monoisotopic (exact) mass is 444 g/mol. The van der Waals surface area contributed by atoms with Gasteiger partial charge in [-0.3, -0.25) is 9.59 Å². The van der Waals surface area contributed by atoms with Gasteiger partial charge in [-0.15, -0.1) is 0 Å². The molecule has 12 nitrogen and oxygen atoms in total. The lowest BCUT2D eigenvalue weighted by Gasteiger charge is -2.15. The second-order valence-electron chi connectivity index (χ2n) is 5.56. The zero-order valence-electron chi connectivity index (χ0n) is 17.9. The molecule has 0 aromatic rings. The zero-order chi connectivity index (χ0) is 23.8. The van der Waals surface area contributed by atoms with Crippen molar-refractivity contribution in [1.82, 2.24) is 10.6 Å². The lowest BCUT2D eigenvalue weighted by Crippen LogP contribution is -2.48. The summed E-state index contributed by atoms with van der Waals surface area (Å²) in [5.41, 5.74) is 0. The van der Waals surface area contributed by atoms with Crippen LogP contribution in [0, 0.1) is 0 Å². The second-order valence-corrected chi connectivity index (χ2v) is 5.56. The number of rotatable bonds is 13. The molecule has 0 fully saturated rings. The van der Waals surface area contributed by atoms with Crippen molar-refractivity contribution < 1.29 is 47.7 Å². The van der Waals surface area contributed by atoms with Gasteiger partial charge in [0.2, 0.25) is 23.9 Å². The van der Waals surface area contributed by atoms with Crippen molar-refractivity contribution in [2.75, 3.05) is 26.4 Å². The quantitative estimate of drug-likeness (QED) is 0.158. The van der Waals surface area contributed by atoms with Gasteiger partial charge in [0.25, 0.3) is 0 Å². The summed E-state index contributed by atoms with van der Waals surface area (Å²) in [4.78, 5) is 71.3. The molecule has 0 saturated carbocycles. The molecule has 2 amide bonds. The van der Waals surface area contributed by atoms with Crippen LogP contribution < -0.4 is 10.6 Å². The Kier molecular flexibility index (Phi) is 13.7. The molecule has 0 unspecified atom stereocenters. The van der Waals surface area contributed by atoms with Crippen molar-refractivity contribution in [2.45, 2.75) is 46.2 Å². The standard InChI is InChI=1S/C19H28N2O10/c1-5-28-16(24)14(17(25)29-6-2)20-12(22)10-9-11-13(23)21-15(18(26)30-7-3)19(27)31-8-4/h9-10,14-15H,5-8,11H2,1-4H3,(H,20,22)(H,21,23)/b10-9+. The molecule has 0 aliphatic carbocycles. The van der Waals surface area contributed by atoms with Gasteiger partial charge in [-0.25, -0.2) is 19.2 Å². The van der Waals surface area contributed by atoms with E-state index in [2.05, 4.69) is 10.6 Å². The van der Waals surface area contributed by atoms with Gasteiger partial charge in [-0.2, -0.15) is 0 Å². The van der Waals surface area contributed by atoms with Gasteiger partial charge in [0.15, 0.2) is 0 Å². The highest BCUT2D eigenvalue weighted by atomic mass is 16.6. The van der Waals surface area contributed by atoms with Crippen LogP contribution in [0.4, 0.5) is 0 Å². The zero-order valence-corrected chi connectivity index (χ0v) is 17.9. The van der Waals surface area contributed by atoms with Crippen molar-refractivity contribution in [3.8, 4) is 0 Å². The van der Waals surface area contributed by atoms with Crippen LogP contribution in [0.3, 0.4) is 0 Å². The first-order valence-corrected chi connectivity index (χ1v) is 9.64. The Hall–Kier alpha value is -3.44. The third-order valence-electron chi connectivity index (χ3n) is 3.25. The molecule has 0 atom stereocenters. The molecule has 0 radical (unpaired) electrons. The van der Waals surface area contributed by atoms with E-state index in [0.717, 1.165) is 12.2 Å². The van der Waals surface area contributed by atoms with E-state index in [0.29, 0.717) is 0 Å². The molecule has 0 bridgehead atoms. The topological polar surface area (TPSA) is 163 Å². The van der Waals surface area contributed by atoms with Crippen molar-refractivity contribution in [1.29, 1.82) is 0 Å². The summed E-state index contributed by atoms with van der Waals surface area (Å²) in [6, 6.07) is -3.31. The Labute approximate surface area is 179 Å². The van der Waals surface area contributed by atoms with E-state index in [-0.39, 0.29) is 26.4 Å². The van der Waals surface area contributed by atoms with E-state index in [1.54, 1.807) is 0 Å². The van der Waals surface area contributed by atoms with E-state index in [1.165, 1.54) is 27.7 Å². The van der Waals surface area contributed by atoms with E-state index in [1.807, 2.05) is 0 Å². The fourth-order valence-corrected chi connectivity index (χ4v) is 2.01. The van der Waals surface area contributed by atoms with Gasteiger partial charge in [0, 0.05) is 6.42 Å². The Bertz CT molecular complexity index is 653. The maximum Gasteiger partial charge on any atom is 0.340 e. The molecule has 0 heterocycles. The molecule has 2 N–H and O–H groups in total. The molecule has 0 rings (SSSR count). The van der Waals surface area contributed by atoms with Gasteiger partial charge in [-0.1, -0.05) is 6.08 Å². The maximum atomic E-state index is 12.0. The minimum absolute atomic E-state index is 0.00716. The smallest absolute Gasteiger partial charge is 0.340 e. The average molecular weight is 444 g/mol. The summed E-state index contributed by atoms with van der Waals surface area (Å²) in [5.74, 6) is -5.60. The molecule has 0 spiro atoms. The number of carbonyl (C=O) groups is 6. The molecule has 0 aromatic carbocycles. The van der Waals surface area contributed by atoms with E-state index < -0.39 is 54.2 Å². The van der Waals surface area contributed by atoms with E-state index >= 15 is 0 Å². The Balaban J connectivity index is 4.94. The number of esters is 4. The largest absolute Gasteiger partial charge is 0.464 e. The Morgan fingerprint density at radius 3 is 1.35 bits per heavy atom. The second kappa shape index (κ2) is 15.4. The molecule has 31 heavy (non-hydrogen) atoms. The van der Waals surface area contributed by atoms with Gasteiger partial charge in [0.1, 0.15) is 0 Å². The molecule has 0 aromatic heterocycles.